The average Bonchev–Trinajstić information content (AvgIpc) is 2.69. The van der Waals surface area contributed by atoms with Gasteiger partial charge in [-0.05, 0) is 37.8 Å². The van der Waals surface area contributed by atoms with E-state index in [1.807, 2.05) is 19.9 Å². The summed E-state index contributed by atoms with van der Waals surface area (Å²) >= 11 is 0.875. The molecule has 1 aromatic rings. The minimum atomic E-state index is -0.390. The third-order valence-corrected chi connectivity index (χ3v) is 3.32. The van der Waals surface area contributed by atoms with Gasteiger partial charge in [0.15, 0.2) is 11.5 Å². The molecule has 0 radical (unpaired) electrons. The first-order valence-electron chi connectivity index (χ1n) is 6.09. The van der Waals surface area contributed by atoms with Crippen LogP contribution in [0.3, 0.4) is 0 Å². The third-order valence-electron chi connectivity index (χ3n) is 2.51. The Morgan fingerprint density at radius 2 is 2.05 bits per heavy atom. The molecule has 1 aliphatic heterocycles. The average molecular weight is 293 g/mol. The highest BCUT2D eigenvalue weighted by molar-refractivity contribution is 8.18. The smallest absolute Gasteiger partial charge is 0.290 e. The Kier molecular flexibility index (Phi) is 4.34. The highest BCUT2D eigenvalue weighted by Crippen LogP contribution is 2.35. The Hall–Kier alpha value is -1.95. The van der Waals surface area contributed by atoms with E-state index >= 15 is 0 Å². The summed E-state index contributed by atoms with van der Waals surface area (Å²) < 4.78 is 11.0. The van der Waals surface area contributed by atoms with Crippen molar-refractivity contribution in [3.8, 4) is 11.5 Å². The van der Waals surface area contributed by atoms with E-state index in [1.54, 1.807) is 25.3 Å². The second-order valence-electron chi connectivity index (χ2n) is 4.40. The van der Waals surface area contributed by atoms with Crippen LogP contribution in [0.4, 0.5) is 4.79 Å². The van der Waals surface area contributed by atoms with Gasteiger partial charge < -0.3 is 9.47 Å². The predicted molar refractivity (Wildman–Crippen MR) is 77.9 cm³/mol. The van der Waals surface area contributed by atoms with Gasteiger partial charge in [-0.15, -0.1) is 0 Å². The first-order chi connectivity index (χ1) is 9.51. The van der Waals surface area contributed by atoms with Crippen molar-refractivity contribution < 1.29 is 19.1 Å². The largest absolute Gasteiger partial charge is 0.493 e. The summed E-state index contributed by atoms with van der Waals surface area (Å²) in [6, 6.07) is 5.40. The standard InChI is InChI=1S/C14H15NO4S/c1-8(2)19-12-9(5-4-6-10(12)18-3)7-11-13(16)15-14(17)20-11/h4-8H,1-3H3,(H,15,16,17)/b11-7+. The van der Waals surface area contributed by atoms with Crippen molar-refractivity contribution in [1.82, 2.24) is 5.32 Å². The molecule has 106 valence electrons. The molecule has 1 saturated heterocycles. The lowest BCUT2D eigenvalue weighted by Crippen LogP contribution is -2.17. The Balaban J connectivity index is 2.43. The zero-order chi connectivity index (χ0) is 14.7. The number of amides is 2. The van der Waals surface area contributed by atoms with Crippen molar-refractivity contribution in [2.24, 2.45) is 0 Å². The van der Waals surface area contributed by atoms with E-state index in [1.165, 1.54) is 0 Å². The zero-order valence-electron chi connectivity index (χ0n) is 11.4. The van der Waals surface area contributed by atoms with Gasteiger partial charge in [-0.1, -0.05) is 12.1 Å². The maximum atomic E-state index is 11.6. The lowest BCUT2D eigenvalue weighted by molar-refractivity contribution is -0.115. The number of carbonyl (C=O) groups excluding carboxylic acids is 2. The van der Waals surface area contributed by atoms with Crippen LogP contribution >= 0.6 is 11.8 Å². The second-order valence-corrected chi connectivity index (χ2v) is 5.41. The number of thioether (sulfide) groups is 1. The molecule has 0 bridgehead atoms. The molecule has 1 fully saturated rings. The molecule has 1 heterocycles. The quantitative estimate of drug-likeness (QED) is 0.865. The number of nitrogens with one attached hydrogen (secondary N) is 1. The molecule has 0 atom stereocenters. The van der Waals surface area contributed by atoms with Gasteiger partial charge in [0.25, 0.3) is 11.1 Å². The number of ether oxygens (including phenoxy) is 2. The molecule has 1 aliphatic rings. The van der Waals surface area contributed by atoms with Crippen LogP contribution < -0.4 is 14.8 Å². The Morgan fingerprint density at radius 3 is 2.60 bits per heavy atom. The summed E-state index contributed by atoms with van der Waals surface area (Å²) in [4.78, 5) is 23.1. The molecule has 0 saturated carbocycles. The predicted octanol–water partition coefficient (Wildman–Crippen LogP) is 2.81. The van der Waals surface area contributed by atoms with Crippen LogP contribution in [-0.4, -0.2) is 24.4 Å². The van der Waals surface area contributed by atoms with Crippen LogP contribution in [0.25, 0.3) is 6.08 Å². The topological polar surface area (TPSA) is 64.6 Å². The number of benzene rings is 1. The lowest BCUT2D eigenvalue weighted by atomic mass is 10.1. The van der Waals surface area contributed by atoms with E-state index in [4.69, 9.17) is 9.47 Å². The number of hydrogen-bond acceptors (Lipinski definition) is 5. The molecule has 0 spiro atoms. The summed E-state index contributed by atoms with van der Waals surface area (Å²) in [5.41, 5.74) is 0.699. The van der Waals surface area contributed by atoms with Crippen LogP contribution in [0.15, 0.2) is 23.1 Å². The van der Waals surface area contributed by atoms with Crippen molar-refractivity contribution >= 4 is 29.0 Å². The number of imide groups is 1. The molecule has 0 aliphatic carbocycles. The number of carbonyl (C=O) groups is 2. The molecule has 1 aromatic carbocycles. The van der Waals surface area contributed by atoms with Gasteiger partial charge in [0.1, 0.15) is 0 Å². The molecular formula is C14H15NO4S. The maximum absolute atomic E-state index is 11.6. The SMILES string of the molecule is COc1cccc(/C=C2/SC(=O)NC2=O)c1OC(C)C. The summed E-state index contributed by atoms with van der Waals surface area (Å²) in [6.07, 6.45) is 1.60. The second kappa shape index (κ2) is 6.00. The molecule has 2 amide bonds. The molecule has 2 rings (SSSR count). The minimum Gasteiger partial charge on any atom is -0.493 e. The van der Waals surface area contributed by atoms with Crippen LogP contribution in [-0.2, 0) is 4.79 Å². The zero-order valence-corrected chi connectivity index (χ0v) is 12.2. The summed E-state index contributed by atoms with van der Waals surface area (Å²) in [5.74, 6) is 0.756. The lowest BCUT2D eigenvalue weighted by Gasteiger charge is -2.16. The van der Waals surface area contributed by atoms with Crippen molar-refractivity contribution in [2.75, 3.05) is 7.11 Å². The Morgan fingerprint density at radius 1 is 1.30 bits per heavy atom. The number of para-hydroxylation sites is 1. The van der Waals surface area contributed by atoms with E-state index in [-0.39, 0.29) is 11.3 Å². The van der Waals surface area contributed by atoms with Crippen LogP contribution in [0, 0.1) is 0 Å². The third kappa shape index (κ3) is 3.14. The monoisotopic (exact) mass is 293 g/mol. The van der Waals surface area contributed by atoms with Gasteiger partial charge in [-0.25, -0.2) is 0 Å². The van der Waals surface area contributed by atoms with Gasteiger partial charge in [-0.3, -0.25) is 14.9 Å². The van der Waals surface area contributed by atoms with Gasteiger partial charge >= 0.3 is 0 Å². The first kappa shape index (κ1) is 14.5. The molecule has 5 nitrogen and oxygen atoms in total. The Labute approximate surface area is 121 Å². The van der Waals surface area contributed by atoms with Gasteiger partial charge in [0, 0.05) is 5.56 Å². The number of methoxy groups -OCH3 is 1. The van der Waals surface area contributed by atoms with Gasteiger partial charge in [0.05, 0.1) is 18.1 Å². The van der Waals surface area contributed by atoms with E-state index in [2.05, 4.69) is 5.32 Å². The summed E-state index contributed by atoms with van der Waals surface area (Å²) in [5, 5.41) is 1.86. The van der Waals surface area contributed by atoms with E-state index in [0.717, 1.165) is 11.8 Å². The molecule has 1 N–H and O–H groups in total. The van der Waals surface area contributed by atoms with Crippen molar-refractivity contribution in [3.05, 3.63) is 28.7 Å². The van der Waals surface area contributed by atoms with Crippen molar-refractivity contribution in [3.63, 3.8) is 0 Å². The minimum absolute atomic E-state index is 0.0323. The van der Waals surface area contributed by atoms with Crippen LogP contribution in [0.5, 0.6) is 11.5 Å². The van der Waals surface area contributed by atoms with Gasteiger partial charge in [-0.2, -0.15) is 0 Å². The molecular weight excluding hydrogens is 278 g/mol. The Bertz CT molecular complexity index is 581. The first-order valence-corrected chi connectivity index (χ1v) is 6.91. The van der Waals surface area contributed by atoms with E-state index in [9.17, 15) is 9.59 Å². The molecule has 20 heavy (non-hydrogen) atoms. The van der Waals surface area contributed by atoms with Gasteiger partial charge in [0.2, 0.25) is 0 Å². The fraction of sp³-hybridized carbons (Fsp3) is 0.286. The highest BCUT2D eigenvalue weighted by atomic mass is 32.2. The van der Waals surface area contributed by atoms with Crippen LogP contribution in [0.2, 0.25) is 0 Å². The number of rotatable bonds is 4. The molecule has 0 unspecified atom stereocenters. The van der Waals surface area contributed by atoms with Crippen molar-refractivity contribution in [1.29, 1.82) is 0 Å². The fourth-order valence-electron chi connectivity index (χ4n) is 1.73. The van der Waals surface area contributed by atoms with Crippen LogP contribution in [0.1, 0.15) is 19.4 Å². The number of hydrogen-bond donors (Lipinski definition) is 1. The molecule has 6 heteroatoms. The molecule has 0 aromatic heterocycles. The normalized spacial score (nSPS) is 16.7. The summed E-state index contributed by atoms with van der Waals surface area (Å²) in [7, 11) is 1.56. The van der Waals surface area contributed by atoms with E-state index in [0.29, 0.717) is 22.0 Å². The maximum Gasteiger partial charge on any atom is 0.290 e. The van der Waals surface area contributed by atoms with E-state index < -0.39 is 5.91 Å². The van der Waals surface area contributed by atoms with Crippen molar-refractivity contribution in [2.45, 2.75) is 20.0 Å². The summed E-state index contributed by atoms with van der Waals surface area (Å²) in [6.45, 7) is 3.81. The fourth-order valence-corrected chi connectivity index (χ4v) is 2.40. The highest BCUT2D eigenvalue weighted by Gasteiger charge is 2.25.